The Hall–Kier alpha value is -2.97. The topological polar surface area (TPSA) is 106 Å². The van der Waals surface area contributed by atoms with Gasteiger partial charge in [-0.05, 0) is 42.2 Å². The molecule has 2 aromatic rings. The summed E-state index contributed by atoms with van der Waals surface area (Å²) in [7, 11) is 0. The Labute approximate surface area is 169 Å². The Kier molecular flexibility index (Phi) is 7.15. The number of amides is 1. The molecule has 0 fully saturated rings. The molecule has 2 atom stereocenters. The molecule has 0 aliphatic carbocycles. The van der Waals surface area contributed by atoms with E-state index >= 15 is 0 Å². The Balaban J connectivity index is 1.72. The van der Waals surface area contributed by atoms with Crippen LogP contribution in [0.25, 0.3) is 0 Å². The van der Waals surface area contributed by atoms with Gasteiger partial charge in [-0.3, -0.25) is 5.32 Å². The van der Waals surface area contributed by atoms with E-state index in [1.54, 1.807) is 36.4 Å². The fourth-order valence-electron chi connectivity index (χ4n) is 3.05. The summed E-state index contributed by atoms with van der Waals surface area (Å²) < 4.78 is 21.7. The van der Waals surface area contributed by atoms with Gasteiger partial charge >= 0.3 is 6.09 Å². The summed E-state index contributed by atoms with van der Waals surface area (Å²) in [6, 6.07) is 12.2. The summed E-state index contributed by atoms with van der Waals surface area (Å²) in [5.74, 6) is 1.62. The van der Waals surface area contributed by atoms with Crippen molar-refractivity contribution < 1.29 is 34.0 Å². The minimum atomic E-state index is -0.625. The van der Waals surface area contributed by atoms with Gasteiger partial charge in [-0.2, -0.15) is 0 Å². The van der Waals surface area contributed by atoms with Gasteiger partial charge in [0.05, 0.1) is 6.61 Å². The van der Waals surface area contributed by atoms with Gasteiger partial charge in [0.25, 0.3) is 0 Å². The highest BCUT2D eigenvalue weighted by Gasteiger charge is 2.24. The highest BCUT2D eigenvalue weighted by atomic mass is 16.7. The molecular formula is C21H25NO7. The maximum atomic E-state index is 12.5. The molecule has 3 N–H and O–H groups in total. The van der Waals surface area contributed by atoms with E-state index in [4.69, 9.17) is 24.1 Å². The van der Waals surface area contributed by atoms with Gasteiger partial charge in [0, 0.05) is 18.4 Å². The van der Waals surface area contributed by atoms with Crippen LogP contribution in [0.2, 0.25) is 0 Å². The zero-order valence-corrected chi connectivity index (χ0v) is 16.2. The van der Waals surface area contributed by atoms with Gasteiger partial charge < -0.3 is 29.2 Å². The van der Waals surface area contributed by atoms with E-state index in [9.17, 15) is 9.90 Å². The van der Waals surface area contributed by atoms with Crippen molar-refractivity contribution in [3.8, 4) is 17.2 Å². The lowest BCUT2D eigenvalue weighted by Crippen LogP contribution is -2.22. The van der Waals surface area contributed by atoms with Crippen molar-refractivity contribution in [3.63, 3.8) is 0 Å². The van der Waals surface area contributed by atoms with Gasteiger partial charge in [-0.25, -0.2) is 4.79 Å². The van der Waals surface area contributed by atoms with Gasteiger partial charge in [0.2, 0.25) is 6.79 Å². The number of aliphatic hydroxyl groups is 2. The van der Waals surface area contributed by atoms with Crippen LogP contribution in [0.15, 0.2) is 42.5 Å². The predicted octanol–water partition coefficient (Wildman–Crippen LogP) is 3.09. The van der Waals surface area contributed by atoms with Crippen molar-refractivity contribution in [2.75, 3.05) is 31.9 Å². The standard InChI is InChI=1S/C21H25NO7/c1-14(7-8-23)20(15-3-2-4-17(11-15)26-10-9-24)29-21(25)22-16-5-6-18-19(12-16)28-13-27-18/h2-6,11-12,14,20,23-24H,7-10,13H2,1H3,(H,22,25)/t14-,20+/m0/s1. The molecule has 3 rings (SSSR count). The van der Waals surface area contributed by atoms with E-state index in [-0.39, 0.29) is 32.5 Å². The molecule has 0 radical (unpaired) electrons. The van der Waals surface area contributed by atoms with E-state index < -0.39 is 12.2 Å². The van der Waals surface area contributed by atoms with E-state index in [1.165, 1.54) is 0 Å². The van der Waals surface area contributed by atoms with Crippen LogP contribution in [0.3, 0.4) is 0 Å². The molecule has 29 heavy (non-hydrogen) atoms. The van der Waals surface area contributed by atoms with E-state index in [2.05, 4.69) is 5.32 Å². The third-order valence-corrected chi connectivity index (χ3v) is 4.50. The number of carbonyl (C=O) groups excluding carboxylic acids is 1. The Morgan fingerprint density at radius 2 is 1.97 bits per heavy atom. The Morgan fingerprint density at radius 1 is 1.14 bits per heavy atom. The van der Waals surface area contributed by atoms with Crippen LogP contribution in [-0.2, 0) is 4.74 Å². The summed E-state index contributed by atoms with van der Waals surface area (Å²) >= 11 is 0. The first-order valence-corrected chi connectivity index (χ1v) is 9.42. The van der Waals surface area contributed by atoms with Crippen LogP contribution < -0.4 is 19.5 Å². The lowest BCUT2D eigenvalue weighted by molar-refractivity contribution is 0.0665. The number of hydrogen-bond acceptors (Lipinski definition) is 7. The zero-order valence-electron chi connectivity index (χ0n) is 16.2. The van der Waals surface area contributed by atoms with Crippen molar-refractivity contribution in [2.45, 2.75) is 19.4 Å². The van der Waals surface area contributed by atoms with Gasteiger partial charge in [-0.15, -0.1) is 0 Å². The highest BCUT2D eigenvalue weighted by Crippen LogP contribution is 2.35. The van der Waals surface area contributed by atoms with Crippen LogP contribution in [0.4, 0.5) is 10.5 Å². The first kappa shape index (κ1) is 20.8. The average molecular weight is 403 g/mol. The number of carbonyl (C=O) groups is 1. The van der Waals surface area contributed by atoms with Crippen LogP contribution >= 0.6 is 0 Å². The van der Waals surface area contributed by atoms with Crippen molar-refractivity contribution in [3.05, 3.63) is 48.0 Å². The number of ether oxygens (including phenoxy) is 4. The molecule has 1 amide bonds. The Bertz CT molecular complexity index is 826. The Morgan fingerprint density at radius 3 is 2.76 bits per heavy atom. The molecule has 8 nitrogen and oxygen atoms in total. The second-order valence-electron chi connectivity index (χ2n) is 6.65. The van der Waals surface area contributed by atoms with Crippen LogP contribution in [-0.4, -0.2) is 42.9 Å². The highest BCUT2D eigenvalue weighted by molar-refractivity contribution is 5.85. The molecule has 0 saturated carbocycles. The summed E-state index contributed by atoms with van der Waals surface area (Å²) in [5.41, 5.74) is 1.26. The van der Waals surface area contributed by atoms with Crippen molar-refractivity contribution >= 4 is 11.8 Å². The normalized spacial score (nSPS) is 14.2. The number of fused-ring (bicyclic) bond motifs is 1. The molecule has 0 unspecified atom stereocenters. The van der Waals surface area contributed by atoms with Gasteiger partial charge in [0.1, 0.15) is 18.5 Å². The lowest BCUT2D eigenvalue weighted by Gasteiger charge is -2.24. The van der Waals surface area contributed by atoms with Gasteiger partial charge in [-0.1, -0.05) is 19.1 Å². The van der Waals surface area contributed by atoms with E-state index in [0.717, 1.165) is 5.56 Å². The first-order valence-electron chi connectivity index (χ1n) is 9.42. The average Bonchev–Trinajstić information content (AvgIpc) is 3.18. The van der Waals surface area contributed by atoms with Crippen LogP contribution in [0.5, 0.6) is 17.2 Å². The maximum Gasteiger partial charge on any atom is 0.412 e. The third-order valence-electron chi connectivity index (χ3n) is 4.50. The number of benzene rings is 2. The minimum absolute atomic E-state index is 0.0223. The summed E-state index contributed by atoms with van der Waals surface area (Å²) in [4.78, 5) is 12.5. The fraction of sp³-hybridized carbons (Fsp3) is 0.381. The van der Waals surface area contributed by atoms with E-state index in [1.807, 2.05) is 13.0 Å². The summed E-state index contributed by atoms with van der Waals surface area (Å²) in [6.45, 7) is 2.11. The maximum absolute atomic E-state index is 12.5. The predicted molar refractivity (Wildman–Crippen MR) is 105 cm³/mol. The number of anilines is 1. The summed E-state index contributed by atoms with van der Waals surface area (Å²) in [5, 5.41) is 21.0. The quantitative estimate of drug-likeness (QED) is 0.591. The molecule has 156 valence electrons. The lowest BCUT2D eigenvalue weighted by atomic mass is 9.94. The minimum Gasteiger partial charge on any atom is -0.491 e. The largest absolute Gasteiger partial charge is 0.491 e. The molecule has 0 spiro atoms. The van der Waals surface area contributed by atoms with Crippen LogP contribution in [0.1, 0.15) is 25.0 Å². The summed E-state index contributed by atoms with van der Waals surface area (Å²) in [6.07, 6.45) is -0.752. The SMILES string of the molecule is C[C@@H](CCO)[C@@H](OC(=O)Nc1ccc2c(c1)OCO2)c1cccc(OCCO)c1. The number of rotatable bonds is 9. The molecule has 2 aromatic carbocycles. The zero-order chi connectivity index (χ0) is 20.6. The number of hydrogen-bond donors (Lipinski definition) is 3. The van der Waals surface area contributed by atoms with Crippen LogP contribution in [0, 0.1) is 5.92 Å². The smallest absolute Gasteiger partial charge is 0.412 e. The molecule has 0 aromatic heterocycles. The first-order chi connectivity index (χ1) is 14.1. The third kappa shape index (κ3) is 5.52. The van der Waals surface area contributed by atoms with E-state index in [0.29, 0.717) is 29.4 Å². The molecule has 8 heteroatoms. The second kappa shape index (κ2) is 9.99. The molecular weight excluding hydrogens is 378 g/mol. The molecule has 0 bridgehead atoms. The molecule has 1 heterocycles. The van der Waals surface area contributed by atoms with Gasteiger partial charge in [0.15, 0.2) is 11.5 Å². The molecule has 1 aliphatic rings. The fourth-order valence-corrected chi connectivity index (χ4v) is 3.05. The second-order valence-corrected chi connectivity index (χ2v) is 6.65. The molecule has 1 aliphatic heterocycles. The monoisotopic (exact) mass is 403 g/mol. The molecule has 0 saturated heterocycles. The van der Waals surface area contributed by atoms with Crippen molar-refractivity contribution in [1.82, 2.24) is 0 Å². The number of aliphatic hydroxyl groups excluding tert-OH is 2. The van der Waals surface area contributed by atoms with Crippen molar-refractivity contribution in [1.29, 1.82) is 0 Å². The van der Waals surface area contributed by atoms with Crippen molar-refractivity contribution in [2.24, 2.45) is 5.92 Å². The number of nitrogens with one attached hydrogen (secondary N) is 1.